The number of carboxylic acids is 1. The molecular weight excluding hydrogens is 311 g/mol. The Morgan fingerprint density at radius 1 is 1.14 bits per heavy atom. The zero-order valence-electron chi connectivity index (χ0n) is 10.9. The molecule has 2 N–H and O–H groups in total. The Bertz CT molecular complexity index is 582. The standard InChI is InChI=1S/C12H14F3NO4S/c13-12(14,15)7-1-2-8-16-21(19,20)10-5-3-9(4-6-10)11(17)18/h3-6,16H,1-2,7-8H2,(H,17,18). The van der Waals surface area contributed by atoms with Crippen molar-refractivity contribution in [3.05, 3.63) is 29.8 Å². The van der Waals surface area contributed by atoms with E-state index in [9.17, 15) is 26.4 Å². The van der Waals surface area contributed by atoms with Crippen molar-refractivity contribution in [3.63, 3.8) is 0 Å². The number of unbranched alkanes of at least 4 members (excludes halogenated alkanes) is 1. The molecule has 0 saturated heterocycles. The number of benzene rings is 1. The number of hydrogen-bond donors (Lipinski definition) is 2. The van der Waals surface area contributed by atoms with Crippen LogP contribution >= 0.6 is 0 Å². The first kappa shape index (κ1) is 17.4. The molecule has 1 aromatic rings. The van der Waals surface area contributed by atoms with Crippen molar-refractivity contribution < 1.29 is 31.5 Å². The number of carbonyl (C=O) groups is 1. The van der Waals surface area contributed by atoms with Crippen molar-refractivity contribution in [2.75, 3.05) is 6.54 Å². The molecule has 0 amide bonds. The number of halogens is 3. The van der Waals surface area contributed by atoms with E-state index in [-0.39, 0.29) is 29.8 Å². The van der Waals surface area contributed by atoms with Gasteiger partial charge in [0.05, 0.1) is 10.5 Å². The fraction of sp³-hybridized carbons (Fsp3) is 0.417. The number of rotatable bonds is 7. The van der Waals surface area contributed by atoms with E-state index in [2.05, 4.69) is 4.72 Å². The van der Waals surface area contributed by atoms with Gasteiger partial charge in [-0.05, 0) is 37.1 Å². The van der Waals surface area contributed by atoms with Crippen molar-refractivity contribution in [1.29, 1.82) is 0 Å². The largest absolute Gasteiger partial charge is 0.478 e. The molecule has 0 spiro atoms. The van der Waals surface area contributed by atoms with Crippen LogP contribution in [0, 0.1) is 0 Å². The Balaban J connectivity index is 2.52. The van der Waals surface area contributed by atoms with Crippen LogP contribution in [-0.4, -0.2) is 32.2 Å². The van der Waals surface area contributed by atoms with Crippen molar-refractivity contribution in [3.8, 4) is 0 Å². The maximum atomic E-state index is 11.9. The highest BCUT2D eigenvalue weighted by Crippen LogP contribution is 2.22. The summed E-state index contributed by atoms with van der Waals surface area (Å²) < 4.78 is 61.4. The molecule has 9 heteroatoms. The van der Waals surface area contributed by atoms with E-state index in [4.69, 9.17) is 5.11 Å². The normalized spacial score (nSPS) is 12.3. The molecule has 21 heavy (non-hydrogen) atoms. The van der Waals surface area contributed by atoms with Gasteiger partial charge in [0.2, 0.25) is 10.0 Å². The van der Waals surface area contributed by atoms with Crippen LogP contribution in [-0.2, 0) is 10.0 Å². The maximum Gasteiger partial charge on any atom is 0.389 e. The van der Waals surface area contributed by atoms with Crippen LogP contribution in [0.4, 0.5) is 13.2 Å². The van der Waals surface area contributed by atoms with Gasteiger partial charge in [-0.1, -0.05) is 0 Å². The van der Waals surface area contributed by atoms with Crippen molar-refractivity contribution in [1.82, 2.24) is 4.72 Å². The molecule has 5 nitrogen and oxygen atoms in total. The zero-order chi connectivity index (χ0) is 16.1. The Morgan fingerprint density at radius 2 is 1.71 bits per heavy atom. The van der Waals surface area contributed by atoms with E-state index in [0.29, 0.717) is 0 Å². The Morgan fingerprint density at radius 3 is 2.19 bits per heavy atom. The Hall–Kier alpha value is -1.61. The van der Waals surface area contributed by atoms with Gasteiger partial charge in [-0.25, -0.2) is 17.9 Å². The average molecular weight is 325 g/mol. The van der Waals surface area contributed by atoms with E-state index in [1.165, 1.54) is 0 Å². The SMILES string of the molecule is O=C(O)c1ccc(S(=O)(=O)NCCCCC(F)(F)F)cc1. The summed E-state index contributed by atoms with van der Waals surface area (Å²) in [6.07, 6.45) is -5.30. The quantitative estimate of drug-likeness (QED) is 0.754. The van der Waals surface area contributed by atoms with Gasteiger partial charge in [-0.2, -0.15) is 13.2 Å². The minimum Gasteiger partial charge on any atom is -0.478 e. The number of alkyl halides is 3. The van der Waals surface area contributed by atoms with E-state index < -0.39 is 28.6 Å². The second-order valence-electron chi connectivity index (χ2n) is 4.30. The third-order valence-electron chi connectivity index (χ3n) is 2.59. The van der Waals surface area contributed by atoms with Gasteiger partial charge in [0.15, 0.2) is 0 Å². The fourth-order valence-electron chi connectivity index (χ4n) is 1.52. The maximum absolute atomic E-state index is 11.9. The summed E-state index contributed by atoms with van der Waals surface area (Å²) in [6, 6.07) is 4.53. The zero-order valence-corrected chi connectivity index (χ0v) is 11.7. The molecule has 0 fully saturated rings. The predicted molar refractivity (Wildman–Crippen MR) is 68.5 cm³/mol. The fourth-order valence-corrected chi connectivity index (χ4v) is 2.59. The highest BCUT2D eigenvalue weighted by molar-refractivity contribution is 7.89. The Labute approximate surface area is 119 Å². The molecule has 0 heterocycles. The molecule has 0 saturated carbocycles. The summed E-state index contributed by atoms with van der Waals surface area (Å²) in [5.41, 5.74) is -0.0564. The highest BCUT2D eigenvalue weighted by atomic mass is 32.2. The van der Waals surface area contributed by atoms with Gasteiger partial charge in [0.25, 0.3) is 0 Å². The second-order valence-corrected chi connectivity index (χ2v) is 6.07. The molecule has 0 bridgehead atoms. The second kappa shape index (κ2) is 6.90. The van der Waals surface area contributed by atoms with Crippen LogP contribution in [0.2, 0.25) is 0 Å². The lowest BCUT2D eigenvalue weighted by atomic mass is 10.2. The summed E-state index contributed by atoms with van der Waals surface area (Å²) >= 11 is 0. The molecule has 0 aromatic heterocycles. The number of aromatic carboxylic acids is 1. The highest BCUT2D eigenvalue weighted by Gasteiger charge is 2.26. The minimum absolute atomic E-state index is 0.0564. The number of carboxylic acid groups (broad SMARTS) is 1. The monoisotopic (exact) mass is 325 g/mol. The molecule has 0 aliphatic rings. The molecular formula is C12H14F3NO4S. The number of nitrogens with one attached hydrogen (secondary N) is 1. The number of sulfonamides is 1. The third-order valence-corrected chi connectivity index (χ3v) is 4.07. The number of hydrogen-bond acceptors (Lipinski definition) is 3. The molecule has 0 aliphatic heterocycles. The average Bonchev–Trinajstić information content (AvgIpc) is 2.37. The van der Waals surface area contributed by atoms with Gasteiger partial charge in [-0.15, -0.1) is 0 Å². The van der Waals surface area contributed by atoms with Crippen LogP contribution < -0.4 is 4.72 Å². The van der Waals surface area contributed by atoms with Crippen LogP contribution in [0.5, 0.6) is 0 Å². The van der Waals surface area contributed by atoms with Crippen molar-refractivity contribution in [2.45, 2.75) is 30.3 Å². The van der Waals surface area contributed by atoms with Crippen molar-refractivity contribution in [2.24, 2.45) is 0 Å². The van der Waals surface area contributed by atoms with Crippen LogP contribution in [0.3, 0.4) is 0 Å². The predicted octanol–water partition coefficient (Wildman–Crippen LogP) is 2.40. The van der Waals surface area contributed by atoms with Gasteiger partial charge in [0.1, 0.15) is 0 Å². The molecule has 0 unspecified atom stereocenters. The van der Waals surface area contributed by atoms with E-state index in [1.807, 2.05) is 0 Å². The molecule has 0 atom stereocenters. The van der Waals surface area contributed by atoms with E-state index in [1.54, 1.807) is 0 Å². The first-order chi connectivity index (χ1) is 9.62. The first-order valence-electron chi connectivity index (χ1n) is 6.01. The van der Waals surface area contributed by atoms with Gasteiger partial charge in [0, 0.05) is 13.0 Å². The first-order valence-corrected chi connectivity index (χ1v) is 7.50. The van der Waals surface area contributed by atoms with Gasteiger partial charge >= 0.3 is 12.1 Å². The molecule has 1 rings (SSSR count). The van der Waals surface area contributed by atoms with E-state index in [0.717, 1.165) is 24.3 Å². The van der Waals surface area contributed by atoms with Gasteiger partial charge in [-0.3, -0.25) is 0 Å². The molecule has 0 radical (unpaired) electrons. The summed E-state index contributed by atoms with van der Waals surface area (Å²) in [7, 11) is -3.84. The topological polar surface area (TPSA) is 83.5 Å². The third kappa shape index (κ3) is 6.13. The Kier molecular flexibility index (Phi) is 5.73. The lowest BCUT2D eigenvalue weighted by Gasteiger charge is -2.08. The lowest BCUT2D eigenvalue weighted by Crippen LogP contribution is -2.25. The minimum atomic E-state index is -4.24. The van der Waals surface area contributed by atoms with Crippen molar-refractivity contribution >= 4 is 16.0 Å². The van der Waals surface area contributed by atoms with E-state index >= 15 is 0 Å². The summed E-state index contributed by atoms with van der Waals surface area (Å²) in [6.45, 7) is -0.112. The van der Waals surface area contributed by atoms with Gasteiger partial charge < -0.3 is 5.11 Å². The summed E-state index contributed by atoms with van der Waals surface area (Å²) in [5.74, 6) is -1.18. The van der Waals surface area contributed by atoms with Crippen LogP contribution in [0.1, 0.15) is 29.6 Å². The molecule has 118 valence electrons. The smallest absolute Gasteiger partial charge is 0.389 e. The molecule has 0 aliphatic carbocycles. The van der Waals surface area contributed by atoms with Crippen LogP contribution in [0.25, 0.3) is 0 Å². The lowest BCUT2D eigenvalue weighted by molar-refractivity contribution is -0.135. The van der Waals surface area contributed by atoms with Crippen LogP contribution in [0.15, 0.2) is 29.2 Å². The summed E-state index contributed by atoms with van der Waals surface area (Å²) in [4.78, 5) is 10.5. The molecule has 1 aromatic carbocycles. The summed E-state index contributed by atoms with van der Waals surface area (Å²) in [5, 5.41) is 8.69.